The Morgan fingerprint density at radius 3 is 2.53 bits per heavy atom. The number of fused-ring (bicyclic) bond motifs is 1. The van der Waals surface area contributed by atoms with Gasteiger partial charge in [-0.15, -0.1) is 0 Å². The van der Waals surface area contributed by atoms with Gasteiger partial charge in [-0.2, -0.15) is 0 Å². The summed E-state index contributed by atoms with van der Waals surface area (Å²) in [6.45, 7) is 5.97. The van der Waals surface area contributed by atoms with E-state index in [1.54, 1.807) is 6.92 Å². The highest BCUT2D eigenvalue weighted by atomic mass is 16.1. The lowest BCUT2D eigenvalue weighted by atomic mass is 9.91. The normalized spacial score (nSPS) is 15.5. The predicted molar refractivity (Wildman–Crippen MR) is 61.5 cm³/mol. The lowest BCUT2D eigenvalue weighted by molar-refractivity contribution is 0.101. The molecule has 0 fully saturated rings. The van der Waals surface area contributed by atoms with E-state index in [0.717, 1.165) is 24.1 Å². The zero-order chi connectivity index (χ0) is 11.0. The molecular formula is C13H19NO. The maximum atomic E-state index is 11.7. The molecular weight excluding hydrogens is 186 g/mol. The van der Waals surface area contributed by atoms with E-state index in [9.17, 15) is 4.79 Å². The van der Waals surface area contributed by atoms with Gasteiger partial charge in [0.25, 0.3) is 0 Å². The molecule has 1 aromatic heterocycles. The van der Waals surface area contributed by atoms with Crippen LogP contribution in [0.2, 0.25) is 0 Å². The van der Waals surface area contributed by atoms with Crippen molar-refractivity contribution in [3.05, 3.63) is 22.5 Å². The molecule has 1 heterocycles. The van der Waals surface area contributed by atoms with Crippen molar-refractivity contribution < 1.29 is 4.79 Å². The van der Waals surface area contributed by atoms with Crippen molar-refractivity contribution in [2.45, 2.75) is 52.4 Å². The summed E-state index contributed by atoms with van der Waals surface area (Å²) in [6.07, 6.45) is 4.67. The molecule has 0 saturated carbocycles. The lowest BCUT2D eigenvalue weighted by Crippen LogP contribution is -2.05. The van der Waals surface area contributed by atoms with Gasteiger partial charge >= 0.3 is 0 Å². The van der Waals surface area contributed by atoms with Crippen molar-refractivity contribution in [2.75, 3.05) is 0 Å². The third-order valence-electron chi connectivity index (χ3n) is 3.25. The molecule has 2 rings (SSSR count). The number of Topliss-reactive ketones (excluding diaryl/α,β-unsaturated/α-hetero) is 1. The SMILES string of the molecule is CC(=O)c1c(C(C)C)[nH]c2c1CCCC2. The zero-order valence-electron chi connectivity index (χ0n) is 9.81. The molecule has 0 aromatic carbocycles. The number of carbonyl (C=O) groups is 1. The monoisotopic (exact) mass is 205 g/mol. The van der Waals surface area contributed by atoms with Gasteiger partial charge in [0, 0.05) is 17.0 Å². The number of aryl methyl sites for hydroxylation is 1. The highest BCUT2D eigenvalue weighted by molar-refractivity contribution is 5.97. The van der Waals surface area contributed by atoms with Crippen LogP contribution in [0.5, 0.6) is 0 Å². The number of aromatic amines is 1. The number of nitrogens with one attached hydrogen (secondary N) is 1. The Kier molecular flexibility index (Phi) is 2.68. The topological polar surface area (TPSA) is 32.9 Å². The molecule has 0 amide bonds. The lowest BCUT2D eigenvalue weighted by Gasteiger charge is -2.11. The summed E-state index contributed by atoms with van der Waals surface area (Å²) in [4.78, 5) is 15.1. The second kappa shape index (κ2) is 3.84. The van der Waals surface area contributed by atoms with E-state index in [1.165, 1.54) is 24.1 Å². The number of H-pyrrole nitrogens is 1. The molecule has 0 atom stereocenters. The number of hydrogen-bond donors (Lipinski definition) is 1. The molecule has 1 aromatic rings. The molecule has 0 saturated heterocycles. The van der Waals surface area contributed by atoms with E-state index in [0.29, 0.717) is 5.92 Å². The third kappa shape index (κ3) is 1.73. The standard InChI is InChI=1S/C13H19NO/c1-8(2)13-12(9(3)15)10-6-4-5-7-11(10)14-13/h8,14H,4-7H2,1-3H3. The van der Waals surface area contributed by atoms with Crippen LogP contribution in [0.1, 0.15) is 66.8 Å². The summed E-state index contributed by atoms with van der Waals surface area (Å²) in [5, 5.41) is 0. The van der Waals surface area contributed by atoms with Crippen LogP contribution in [0.15, 0.2) is 0 Å². The van der Waals surface area contributed by atoms with Crippen LogP contribution in [-0.4, -0.2) is 10.8 Å². The first-order chi connectivity index (χ1) is 7.11. The van der Waals surface area contributed by atoms with E-state index < -0.39 is 0 Å². The number of carbonyl (C=O) groups excluding carboxylic acids is 1. The molecule has 0 radical (unpaired) electrons. The van der Waals surface area contributed by atoms with Gasteiger partial charge in [-0.3, -0.25) is 4.79 Å². The van der Waals surface area contributed by atoms with Crippen LogP contribution in [0, 0.1) is 0 Å². The molecule has 0 aliphatic heterocycles. The summed E-state index contributed by atoms with van der Waals surface area (Å²) in [5.74, 6) is 0.632. The number of ketones is 1. The Labute approximate surface area is 91.1 Å². The van der Waals surface area contributed by atoms with Gasteiger partial charge < -0.3 is 4.98 Å². The van der Waals surface area contributed by atoms with Crippen LogP contribution in [0.4, 0.5) is 0 Å². The molecule has 0 bridgehead atoms. The number of rotatable bonds is 2. The highest BCUT2D eigenvalue weighted by Gasteiger charge is 2.23. The molecule has 15 heavy (non-hydrogen) atoms. The summed E-state index contributed by atoms with van der Waals surface area (Å²) in [7, 11) is 0. The average Bonchev–Trinajstić information content (AvgIpc) is 2.56. The van der Waals surface area contributed by atoms with E-state index in [1.807, 2.05) is 0 Å². The van der Waals surface area contributed by atoms with Crippen molar-refractivity contribution in [1.82, 2.24) is 4.98 Å². The largest absolute Gasteiger partial charge is 0.361 e. The number of aromatic nitrogens is 1. The molecule has 2 heteroatoms. The maximum absolute atomic E-state index is 11.7. The van der Waals surface area contributed by atoms with Crippen molar-refractivity contribution in [2.24, 2.45) is 0 Å². The van der Waals surface area contributed by atoms with Gasteiger partial charge in [0.2, 0.25) is 0 Å². The first-order valence-electron chi connectivity index (χ1n) is 5.85. The fourth-order valence-corrected chi connectivity index (χ4v) is 2.54. The first kappa shape index (κ1) is 10.5. The fraction of sp³-hybridized carbons (Fsp3) is 0.615. The molecule has 2 nitrogen and oxygen atoms in total. The Morgan fingerprint density at radius 1 is 1.27 bits per heavy atom. The second-order valence-corrected chi connectivity index (χ2v) is 4.79. The smallest absolute Gasteiger partial charge is 0.161 e. The average molecular weight is 205 g/mol. The van der Waals surface area contributed by atoms with Crippen LogP contribution in [-0.2, 0) is 12.8 Å². The molecule has 82 valence electrons. The second-order valence-electron chi connectivity index (χ2n) is 4.79. The Bertz CT molecular complexity index is 387. The minimum Gasteiger partial charge on any atom is -0.361 e. The predicted octanol–water partition coefficient (Wildman–Crippen LogP) is 3.22. The minimum absolute atomic E-state index is 0.220. The van der Waals surface area contributed by atoms with Crippen molar-refractivity contribution in [1.29, 1.82) is 0 Å². The van der Waals surface area contributed by atoms with E-state index in [-0.39, 0.29) is 5.78 Å². The van der Waals surface area contributed by atoms with Crippen LogP contribution < -0.4 is 0 Å². The minimum atomic E-state index is 0.220. The highest BCUT2D eigenvalue weighted by Crippen LogP contribution is 2.30. The molecule has 1 aliphatic carbocycles. The zero-order valence-corrected chi connectivity index (χ0v) is 9.81. The van der Waals surface area contributed by atoms with E-state index in [2.05, 4.69) is 18.8 Å². The van der Waals surface area contributed by atoms with Gasteiger partial charge in [-0.25, -0.2) is 0 Å². The summed E-state index contributed by atoms with van der Waals surface area (Å²) < 4.78 is 0. The third-order valence-corrected chi connectivity index (χ3v) is 3.25. The summed E-state index contributed by atoms with van der Waals surface area (Å²) >= 11 is 0. The van der Waals surface area contributed by atoms with Gasteiger partial charge in [-0.05, 0) is 44.1 Å². The molecule has 0 unspecified atom stereocenters. The van der Waals surface area contributed by atoms with Crippen molar-refractivity contribution in [3.63, 3.8) is 0 Å². The molecule has 1 aliphatic rings. The van der Waals surface area contributed by atoms with Crippen LogP contribution >= 0.6 is 0 Å². The van der Waals surface area contributed by atoms with Gasteiger partial charge in [0.15, 0.2) is 5.78 Å². The van der Waals surface area contributed by atoms with Crippen LogP contribution in [0.25, 0.3) is 0 Å². The first-order valence-corrected chi connectivity index (χ1v) is 5.85. The van der Waals surface area contributed by atoms with E-state index in [4.69, 9.17) is 0 Å². The van der Waals surface area contributed by atoms with Gasteiger partial charge in [0.05, 0.1) is 0 Å². The Balaban J connectivity index is 2.56. The molecule has 0 spiro atoms. The van der Waals surface area contributed by atoms with Crippen LogP contribution in [0.3, 0.4) is 0 Å². The van der Waals surface area contributed by atoms with Gasteiger partial charge in [0.1, 0.15) is 0 Å². The van der Waals surface area contributed by atoms with Crippen molar-refractivity contribution in [3.8, 4) is 0 Å². The maximum Gasteiger partial charge on any atom is 0.161 e. The molecule has 1 N–H and O–H groups in total. The van der Waals surface area contributed by atoms with Crippen molar-refractivity contribution >= 4 is 5.78 Å². The fourth-order valence-electron chi connectivity index (χ4n) is 2.54. The summed E-state index contributed by atoms with van der Waals surface area (Å²) in [6, 6.07) is 0. The Hall–Kier alpha value is -1.05. The Morgan fingerprint density at radius 2 is 1.93 bits per heavy atom. The summed E-state index contributed by atoms with van der Waals surface area (Å²) in [5.41, 5.74) is 4.75. The van der Waals surface area contributed by atoms with Gasteiger partial charge in [-0.1, -0.05) is 13.8 Å². The van der Waals surface area contributed by atoms with E-state index >= 15 is 0 Å². The quantitative estimate of drug-likeness (QED) is 0.739. The number of hydrogen-bond acceptors (Lipinski definition) is 1.